The molecule has 1 saturated heterocycles. The highest BCUT2D eigenvalue weighted by Gasteiger charge is 2.32. The van der Waals surface area contributed by atoms with Crippen LogP contribution in [0.2, 0.25) is 0 Å². The number of benzene rings is 2. The van der Waals surface area contributed by atoms with Crippen LogP contribution in [0.4, 0.5) is 5.95 Å². The molecular formula is C24H23N5O. The molecule has 3 heterocycles. The first-order chi connectivity index (χ1) is 14.8. The molecule has 0 spiro atoms. The molecule has 1 fully saturated rings. The van der Waals surface area contributed by atoms with Gasteiger partial charge >= 0.3 is 0 Å². The number of para-hydroxylation sites is 1. The fraction of sp³-hybridized carbons (Fsp3) is 0.208. The number of fused-ring (bicyclic) bond motifs is 1. The SMILES string of the molecule is O=C(c1c[nH]c2ccccc12)[C@@H](c1ccccc1)N1CCN(c2ncccn2)CC1. The van der Waals surface area contributed by atoms with Gasteiger partial charge in [0, 0.05) is 61.2 Å². The van der Waals surface area contributed by atoms with Gasteiger partial charge in [-0.15, -0.1) is 0 Å². The number of carbonyl (C=O) groups excluding carboxylic acids is 1. The van der Waals surface area contributed by atoms with Crippen molar-refractivity contribution in [3.63, 3.8) is 0 Å². The highest BCUT2D eigenvalue weighted by atomic mass is 16.1. The van der Waals surface area contributed by atoms with Crippen LogP contribution in [0.1, 0.15) is 22.0 Å². The number of ketones is 1. The molecule has 0 bridgehead atoms. The van der Waals surface area contributed by atoms with Crippen molar-refractivity contribution in [3.05, 3.63) is 90.4 Å². The third-order valence-corrected chi connectivity index (χ3v) is 5.73. The molecule has 150 valence electrons. The van der Waals surface area contributed by atoms with Crippen LogP contribution < -0.4 is 4.90 Å². The van der Waals surface area contributed by atoms with Gasteiger partial charge in [-0.05, 0) is 17.7 Å². The minimum Gasteiger partial charge on any atom is -0.360 e. The summed E-state index contributed by atoms with van der Waals surface area (Å²) in [5.74, 6) is 0.874. The summed E-state index contributed by atoms with van der Waals surface area (Å²) in [7, 11) is 0. The minimum absolute atomic E-state index is 0.128. The number of piperazine rings is 1. The molecule has 0 radical (unpaired) electrons. The zero-order chi connectivity index (χ0) is 20.3. The average Bonchev–Trinajstić information content (AvgIpc) is 3.25. The summed E-state index contributed by atoms with van der Waals surface area (Å²) < 4.78 is 0. The predicted octanol–water partition coefficient (Wildman–Crippen LogP) is 3.70. The Morgan fingerprint density at radius 2 is 1.57 bits per heavy atom. The number of hydrogen-bond donors (Lipinski definition) is 1. The molecule has 0 saturated carbocycles. The number of carbonyl (C=O) groups is 1. The van der Waals surface area contributed by atoms with Crippen molar-refractivity contribution >= 4 is 22.6 Å². The number of nitrogens with zero attached hydrogens (tertiary/aromatic N) is 4. The van der Waals surface area contributed by atoms with Gasteiger partial charge < -0.3 is 9.88 Å². The molecule has 1 N–H and O–H groups in total. The van der Waals surface area contributed by atoms with E-state index in [-0.39, 0.29) is 11.8 Å². The van der Waals surface area contributed by atoms with E-state index in [2.05, 4.69) is 24.8 Å². The Morgan fingerprint density at radius 1 is 0.867 bits per heavy atom. The zero-order valence-electron chi connectivity index (χ0n) is 16.6. The van der Waals surface area contributed by atoms with Crippen LogP contribution in [0.5, 0.6) is 0 Å². The number of aromatic nitrogens is 3. The van der Waals surface area contributed by atoms with Crippen molar-refractivity contribution in [3.8, 4) is 0 Å². The zero-order valence-corrected chi connectivity index (χ0v) is 16.6. The second-order valence-electron chi connectivity index (χ2n) is 7.50. The van der Waals surface area contributed by atoms with Crippen molar-refractivity contribution in [2.24, 2.45) is 0 Å². The van der Waals surface area contributed by atoms with Gasteiger partial charge in [0.2, 0.25) is 5.95 Å². The maximum atomic E-state index is 13.8. The maximum Gasteiger partial charge on any atom is 0.225 e. The van der Waals surface area contributed by atoms with Gasteiger partial charge in [-0.2, -0.15) is 0 Å². The van der Waals surface area contributed by atoms with Gasteiger partial charge in [-0.25, -0.2) is 9.97 Å². The average molecular weight is 397 g/mol. The highest BCUT2D eigenvalue weighted by Crippen LogP contribution is 2.30. The fourth-order valence-corrected chi connectivity index (χ4v) is 4.22. The number of anilines is 1. The lowest BCUT2D eigenvalue weighted by Crippen LogP contribution is -2.49. The lowest BCUT2D eigenvalue weighted by atomic mass is 9.95. The molecule has 5 rings (SSSR count). The standard InChI is InChI=1S/C24H23N5O/c30-23(20-17-27-21-10-5-4-9-19(20)21)22(18-7-2-1-3-8-18)28-13-15-29(16-14-28)24-25-11-6-12-26-24/h1-12,17,22,27H,13-16H2/t22-/m1/s1. The molecular weight excluding hydrogens is 374 g/mol. The Morgan fingerprint density at radius 3 is 2.33 bits per heavy atom. The Labute approximate surface area is 175 Å². The van der Waals surface area contributed by atoms with E-state index in [0.29, 0.717) is 0 Å². The van der Waals surface area contributed by atoms with Crippen LogP contribution in [0.25, 0.3) is 10.9 Å². The molecule has 1 atom stereocenters. The Kier molecular flexibility index (Phi) is 4.99. The number of nitrogens with one attached hydrogen (secondary N) is 1. The Hall–Kier alpha value is -3.51. The molecule has 1 aliphatic rings. The molecule has 2 aromatic carbocycles. The predicted molar refractivity (Wildman–Crippen MR) is 118 cm³/mol. The summed E-state index contributed by atoms with van der Waals surface area (Å²) in [5.41, 5.74) is 2.75. The fourth-order valence-electron chi connectivity index (χ4n) is 4.22. The molecule has 0 aliphatic carbocycles. The van der Waals surface area contributed by atoms with Crippen LogP contribution in [-0.4, -0.2) is 51.8 Å². The normalized spacial score (nSPS) is 15.9. The summed E-state index contributed by atoms with van der Waals surface area (Å²) in [6.45, 7) is 3.11. The second-order valence-corrected chi connectivity index (χ2v) is 7.50. The molecule has 30 heavy (non-hydrogen) atoms. The first-order valence-electron chi connectivity index (χ1n) is 10.2. The van der Waals surface area contributed by atoms with Crippen molar-refractivity contribution < 1.29 is 4.79 Å². The Balaban J connectivity index is 1.44. The lowest BCUT2D eigenvalue weighted by molar-refractivity contribution is 0.0808. The Bertz CT molecular complexity index is 1130. The van der Waals surface area contributed by atoms with Gasteiger partial charge in [-0.1, -0.05) is 48.5 Å². The van der Waals surface area contributed by atoms with E-state index >= 15 is 0 Å². The van der Waals surface area contributed by atoms with Crippen molar-refractivity contribution in [2.75, 3.05) is 31.1 Å². The van der Waals surface area contributed by atoms with Gasteiger partial charge in [0.05, 0.1) is 6.04 Å². The number of rotatable bonds is 5. The first kappa shape index (κ1) is 18.5. The van der Waals surface area contributed by atoms with Gasteiger partial charge in [0.15, 0.2) is 5.78 Å². The summed E-state index contributed by atoms with van der Waals surface area (Å²) in [6, 6.07) is 19.5. The smallest absolute Gasteiger partial charge is 0.225 e. The molecule has 0 amide bonds. The minimum atomic E-state index is -0.316. The molecule has 6 heteroatoms. The van der Waals surface area contributed by atoms with E-state index in [1.165, 1.54) is 0 Å². The lowest BCUT2D eigenvalue weighted by Gasteiger charge is -2.38. The molecule has 2 aromatic heterocycles. The number of aromatic amines is 1. The van der Waals surface area contributed by atoms with E-state index in [1.54, 1.807) is 12.4 Å². The highest BCUT2D eigenvalue weighted by molar-refractivity contribution is 6.10. The molecule has 6 nitrogen and oxygen atoms in total. The third-order valence-electron chi connectivity index (χ3n) is 5.73. The largest absolute Gasteiger partial charge is 0.360 e. The van der Waals surface area contributed by atoms with Crippen LogP contribution in [-0.2, 0) is 0 Å². The van der Waals surface area contributed by atoms with Gasteiger partial charge in [0.25, 0.3) is 0 Å². The first-order valence-corrected chi connectivity index (χ1v) is 10.2. The van der Waals surface area contributed by atoms with E-state index < -0.39 is 0 Å². The van der Waals surface area contributed by atoms with Crippen LogP contribution in [0.15, 0.2) is 79.3 Å². The van der Waals surface area contributed by atoms with E-state index in [4.69, 9.17) is 0 Å². The topological polar surface area (TPSA) is 65.1 Å². The molecule has 1 aliphatic heterocycles. The van der Waals surface area contributed by atoms with Gasteiger partial charge in [0.1, 0.15) is 0 Å². The number of hydrogen-bond acceptors (Lipinski definition) is 5. The van der Waals surface area contributed by atoms with Crippen molar-refractivity contribution in [1.29, 1.82) is 0 Å². The van der Waals surface area contributed by atoms with Crippen molar-refractivity contribution in [2.45, 2.75) is 6.04 Å². The molecule has 4 aromatic rings. The van der Waals surface area contributed by atoms with E-state index in [1.807, 2.05) is 66.9 Å². The van der Waals surface area contributed by atoms with Crippen molar-refractivity contribution in [1.82, 2.24) is 19.9 Å². The quantitative estimate of drug-likeness (QED) is 0.520. The summed E-state index contributed by atoms with van der Waals surface area (Å²) in [6.07, 6.45) is 5.38. The summed E-state index contributed by atoms with van der Waals surface area (Å²) in [5, 5.41) is 0.972. The number of H-pyrrole nitrogens is 1. The van der Waals surface area contributed by atoms with Crippen LogP contribution in [0.3, 0.4) is 0 Å². The molecule has 0 unspecified atom stereocenters. The number of Topliss-reactive ketones (excluding diaryl/α,β-unsaturated/α-hetero) is 1. The van der Waals surface area contributed by atoms with E-state index in [9.17, 15) is 4.79 Å². The van der Waals surface area contributed by atoms with Gasteiger partial charge in [-0.3, -0.25) is 9.69 Å². The summed E-state index contributed by atoms with van der Waals surface area (Å²) >= 11 is 0. The summed E-state index contributed by atoms with van der Waals surface area (Å²) in [4.78, 5) is 30.2. The maximum absolute atomic E-state index is 13.8. The van der Waals surface area contributed by atoms with Crippen LogP contribution >= 0.6 is 0 Å². The second kappa shape index (κ2) is 8.08. The van der Waals surface area contributed by atoms with Crippen LogP contribution in [0, 0.1) is 0 Å². The van der Waals surface area contributed by atoms with E-state index in [0.717, 1.165) is 54.2 Å². The third kappa shape index (κ3) is 3.46. The monoisotopic (exact) mass is 397 g/mol.